The van der Waals surface area contributed by atoms with Crippen molar-refractivity contribution in [3.8, 4) is 5.75 Å². The summed E-state index contributed by atoms with van der Waals surface area (Å²) in [4.78, 5) is 0. The molecule has 2 aromatic rings. The lowest BCUT2D eigenvalue weighted by atomic mass is 9.98. The molecule has 0 fully saturated rings. The highest BCUT2D eigenvalue weighted by Crippen LogP contribution is 2.33. The van der Waals surface area contributed by atoms with Crippen LogP contribution in [0.2, 0.25) is 5.02 Å². The molecule has 0 aliphatic carbocycles. The SMILES string of the molecule is CCNC(c1ccc(OC)cc1)c1ccc(Br)c(Cl)c1F. The molecule has 0 aromatic heterocycles. The summed E-state index contributed by atoms with van der Waals surface area (Å²) in [5, 5.41) is 3.39. The standard InChI is InChI=1S/C16H16BrClFNO/c1-3-20-16(10-4-6-11(21-2)7-5-10)12-8-9-13(17)14(18)15(12)19/h4-9,16,20H,3H2,1-2H3. The molecule has 0 heterocycles. The van der Waals surface area contributed by atoms with E-state index in [9.17, 15) is 4.39 Å². The molecule has 0 saturated carbocycles. The van der Waals surface area contributed by atoms with Crippen LogP contribution in [0.5, 0.6) is 5.75 Å². The third kappa shape index (κ3) is 3.57. The highest BCUT2D eigenvalue weighted by Gasteiger charge is 2.20. The van der Waals surface area contributed by atoms with Crippen LogP contribution in [0.3, 0.4) is 0 Å². The van der Waals surface area contributed by atoms with Crippen LogP contribution in [0.15, 0.2) is 40.9 Å². The van der Waals surface area contributed by atoms with Crippen LogP contribution >= 0.6 is 27.5 Å². The Bertz CT molecular complexity index is 618. The molecule has 1 N–H and O–H groups in total. The minimum Gasteiger partial charge on any atom is -0.497 e. The fourth-order valence-electron chi connectivity index (χ4n) is 2.17. The van der Waals surface area contributed by atoms with Gasteiger partial charge in [-0.3, -0.25) is 0 Å². The molecule has 0 bridgehead atoms. The Balaban J connectivity index is 2.45. The van der Waals surface area contributed by atoms with Gasteiger partial charge in [0, 0.05) is 10.0 Å². The van der Waals surface area contributed by atoms with Crippen molar-refractivity contribution < 1.29 is 9.13 Å². The maximum absolute atomic E-state index is 14.4. The summed E-state index contributed by atoms with van der Waals surface area (Å²) in [6.07, 6.45) is 0. The van der Waals surface area contributed by atoms with Crippen LogP contribution in [0.25, 0.3) is 0 Å². The van der Waals surface area contributed by atoms with Crippen LogP contribution < -0.4 is 10.1 Å². The van der Waals surface area contributed by atoms with Crippen molar-refractivity contribution >= 4 is 27.5 Å². The van der Waals surface area contributed by atoms with Gasteiger partial charge < -0.3 is 10.1 Å². The van der Waals surface area contributed by atoms with Crippen molar-refractivity contribution in [1.82, 2.24) is 5.32 Å². The molecule has 0 amide bonds. The molecule has 2 nitrogen and oxygen atoms in total. The lowest BCUT2D eigenvalue weighted by Gasteiger charge is -2.20. The number of ether oxygens (including phenoxy) is 1. The molecule has 21 heavy (non-hydrogen) atoms. The van der Waals surface area contributed by atoms with E-state index in [1.807, 2.05) is 31.2 Å². The van der Waals surface area contributed by atoms with Crippen molar-refractivity contribution in [1.29, 1.82) is 0 Å². The minimum atomic E-state index is -0.409. The van der Waals surface area contributed by atoms with E-state index >= 15 is 0 Å². The van der Waals surface area contributed by atoms with E-state index in [1.54, 1.807) is 19.2 Å². The zero-order valence-corrected chi connectivity index (χ0v) is 14.1. The Labute approximate surface area is 137 Å². The predicted octanol–water partition coefficient (Wildman–Crippen LogP) is 4.95. The molecule has 1 atom stereocenters. The van der Waals surface area contributed by atoms with Gasteiger partial charge in [-0.2, -0.15) is 0 Å². The molecule has 0 aliphatic rings. The largest absolute Gasteiger partial charge is 0.497 e. The first-order valence-corrected chi connectivity index (χ1v) is 7.76. The van der Waals surface area contributed by atoms with Gasteiger partial charge in [-0.15, -0.1) is 0 Å². The van der Waals surface area contributed by atoms with E-state index in [2.05, 4.69) is 21.2 Å². The molecule has 0 aliphatic heterocycles. The van der Waals surface area contributed by atoms with Gasteiger partial charge in [-0.1, -0.05) is 36.7 Å². The van der Waals surface area contributed by atoms with Crippen molar-refractivity contribution in [3.05, 3.63) is 62.8 Å². The Morgan fingerprint density at radius 1 is 1.24 bits per heavy atom. The Kier molecular flexibility index (Phi) is 5.62. The number of rotatable bonds is 5. The van der Waals surface area contributed by atoms with Gasteiger partial charge in [0.25, 0.3) is 0 Å². The summed E-state index contributed by atoms with van der Waals surface area (Å²) >= 11 is 9.23. The minimum absolute atomic E-state index is 0.101. The first kappa shape index (κ1) is 16.3. The third-order valence-corrected chi connectivity index (χ3v) is 4.49. The lowest BCUT2D eigenvalue weighted by molar-refractivity contribution is 0.414. The van der Waals surface area contributed by atoms with Crippen molar-refractivity contribution in [2.45, 2.75) is 13.0 Å². The Hall–Kier alpha value is -1.10. The summed E-state index contributed by atoms with van der Waals surface area (Å²) < 4.78 is 20.1. The second-order valence-electron chi connectivity index (χ2n) is 4.53. The third-order valence-electron chi connectivity index (χ3n) is 3.23. The van der Waals surface area contributed by atoms with Gasteiger partial charge in [0.2, 0.25) is 0 Å². The van der Waals surface area contributed by atoms with Crippen molar-refractivity contribution in [3.63, 3.8) is 0 Å². The second-order valence-corrected chi connectivity index (χ2v) is 5.76. The van der Waals surface area contributed by atoms with E-state index in [1.165, 1.54) is 0 Å². The first-order chi connectivity index (χ1) is 10.1. The fourth-order valence-corrected chi connectivity index (χ4v) is 2.65. The monoisotopic (exact) mass is 371 g/mol. The highest BCUT2D eigenvalue weighted by atomic mass is 79.9. The molecule has 0 spiro atoms. The number of halogens is 3. The van der Waals surface area contributed by atoms with Gasteiger partial charge >= 0.3 is 0 Å². The van der Waals surface area contributed by atoms with Crippen LogP contribution in [0.4, 0.5) is 4.39 Å². The van der Waals surface area contributed by atoms with Gasteiger partial charge in [0.05, 0.1) is 18.2 Å². The quantitative estimate of drug-likeness (QED) is 0.750. The molecule has 1 unspecified atom stereocenters. The van der Waals surface area contributed by atoms with Crippen LogP contribution in [0.1, 0.15) is 24.1 Å². The lowest BCUT2D eigenvalue weighted by Crippen LogP contribution is -2.23. The summed E-state index contributed by atoms with van der Waals surface area (Å²) in [7, 11) is 1.62. The van der Waals surface area contributed by atoms with Crippen LogP contribution in [-0.2, 0) is 0 Å². The highest BCUT2D eigenvalue weighted by molar-refractivity contribution is 9.10. The van der Waals surface area contributed by atoms with E-state index < -0.39 is 5.82 Å². The molecule has 0 saturated heterocycles. The number of hydrogen-bond donors (Lipinski definition) is 1. The summed E-state index contributed by atoms with van der Waals surface area (Å²) in [6, 6.07) is 10.8. The molecule has 2 aromatic carbocycles. The Morgan fingerprint density at radius 3 is 2.48 bits per heavy atom. The first-order valence-electron chi connectivity index (χ1n) is 6.59. The van der Waals surface area contributed by atoms with Gasteiger partial charge in [0.15, 0.2) is 0 Å². The zero-order chi connectivity index (χ0) is 15.4. The molecule has 2 rings (SSSR count). The average Bonchev–Trinajstić information content (AvgIpc) is 2.51. The van der Waals surface area contributed by atoms with E-state index in [-0.39, 0.29) is 11.1 Å². The fraction of sp³-hybridized carbons (Fsp3) is 0.250. The molecular weight excluding hydrogens is 357 g/mol. The Morgan fingerprint density at radius 2 is 1.90 bits per heavy atom. The predicted molar refractivity (Wildman–Crippen MR) is 87.6 cm³/mol. The maximum Gasteiger partial charge on any atom is 0.148 e. The average molecular weight is 373 g/mol. The number of nitrogens with one attached hydrogen (secondary N) is 1. The number of benzene rings is 2. The van der Waals surface area contributed by atoms with E-state index in [0.29, 0.717) is 16.6 Å². The van der Waals surface area contributed by atoms with Crippen molar-refractivity contribution in [2.75, 3.05) is 13.7 Å². The molecule has 112 valence electrons. The van der Waals surface area contributed by atoms with Crippen molar-refractivity contribution in [2.24, 2.45) is 0 Å². The summed E-state index contributed by atoms with van der Waals surface area (Å²) in [6.45, 7) is 2.69. The second kappa shape index (κ2) is 7.25. The molecule has 0 radical (unpaired) electrons. The number of hydrogen-bond acceptors (Lipinski definition) is 2. The van der Waals surface area contributed by atoms with Gasteiger partial charge in [-0.05, 0) is 46.2 Å². The van der Waals surface area contributed by atoms with Crippen LogP contribution in [0, 0.1) is 5.82 Å². The summed E-state index contributed by atoms with van der Waals surface area (Å²) in [5.41, 5.74) is 1.48. The smallest absolute Gasteiger partial charge is 0.148 e. The van der Waals surface area contributed by atoms with E-state index in [0.717, 1.165) is 11.3 Å². The van der Waals surface area contributed by atoms with E-state index in [4.69, 9.17) is 16.3 Å². The number of methoxy groups -OCH3 is 1. The molecular formula is C16H16BrClFNO. The van der Waals surface area contributed by atoms with Gasteiger partial charge in [-0.25, -0.2) is 4.39 Å². The maximum atomic E-state index is 14.4. The molecule has 5 heteroatoms. The normalized spacial score (nSPS) is 12.2. The van der Waals surface area contributed by atoms with Gasteiger partial charge in [0.1, 0.15) is 11.6 Å². The topological polar surface area (TPSA) is 21.3 Å². The van der Waals surface area contributed by atoms with Crippen LogP contribution in [-0.4, -0.2) is 13.7 Å². The summed E-state index contributed by atoms with van der Waals surface area (Å²) in [5.74, 6) is 0.358. The zero-order valence-electron chi connectivity index (χ0n) is 11.8.